The highest BCUT2D eigenvalue weighted by molar-refractivity contribution is 9.10. The number of rotatable bonds is 5. The first-order valence-corrected chi connectivity index (χ1v) is 6.96. The highest BCUT2D eigenvalue weighted by Crippen LogP contribution is 2.20. The van der Waals surface area contributed by atoms with Gasteiger partial charge in [0, 0.05) is 22.6 Å². The molecule has 1 aromatic carbocycles. The molecule has 1 heterocycles. The van der Waals surface area contributed by atoms with Crippen molar-refractivity contribution in [2.24, 2.45) is 0 Å². The molecule has 0 amide bonds. The lowest BCUT2D eigenvalue weighted by Crippen LogP contribution is -2.15. The van der Waals surface area contributed by atoms with Gasteiger partial charge in [-0.2, -0.15) is 5.26 Å². The molecule has 0 aliphatic carbocycles. The van der Waals surface area contributed by atoms with Crippen molar-refractivity contribution in [1.82, 2.24) is 0 Å². The van der Waals surface area contributed by atoms with Gasteiger partial charge >= 0.3 is 0 Å². The molecule has 0 radical (unpaired) electrons. The number of halogens is 1. The van der Waals surface area contributed by atoms with Gasteiger partial charge in [-0.3, -0.25) is 0 Å². The molecule has 2 rings (SSSR count). The van der Waals surface area contributed by atoms with Crippen LogP contribution in [0.4, 0.5) is 5.69 Å². The van der Waals surface area contributed by atoms with Crippen LogP contribution in [0.15, 0.2) is 45.5 Å². The summed E-state index contributed by atoms with van der Waals surface area (Å²) in [5.41, 5.74) is 1.60. The van der Waals surface area contributed by atoms with E-state index in [0.717, 1.165) is 28.8 Å². The number of benzene rings is 1. The minimum Gasteiger partial charge on any atom is -0.469 e. The minimum atomic E-state index is 0.311. The van der Waals surface area contributed by atoms with E-state index in [1.54, 1.807) is 12.3 Å². The number of hydrogen-bond donors (Lipinski definition) is 1. The Bertz CT molecular complexity index is 572. The van der Waals surface area contributed by atoms with Crippen molar-refractivity contribution in [3.05, 3.63) is 52.4 Å². The lowest BCUT2D eigenvalue weighted by atomic mass is 10.1. The second-order valence-corrected chi connectivity index (χ2v) is 5.42. The number of furan rings is 1. The predicted molar refractivity (Wildman–Crippen MR) is 79.0 cm³/mol. The van der Waals surface area contributed by atoms with Crippen LogP contribution in [0.5, 0.6) is 0 Å². The first-order valence-electron chi connectivity index (χ1n) is 6.17. The van der Waals surface area contributed by atoms with E-state index in [1.807, 2.05) is 24.3 Å². The average Bonchev–Trinajstić information content (AvgIpc) is 2.88. The maximum atomic E-state index is 8.94. The third-order valence-corrected chi connectivity index (χ3v) is 3.30. The molecule has 3 nitrogen and oxygen atoms in total. The van der Waals surface area contributed by atoms with Crippen LogP contribution in [-0.2, 0) is 6.42 Å². The monoisotopic (exact) mass is 318 g/mol. The first-order chi connectivity index (χ1) is 9.17. The van der Waals surface area contributed by atoms with Crippen molar-refractivity contribution < 1.29 is 4.42 Å². The Kier molecular flexibility index (Phi) is 4.64. The second-order valence-electron chi connectivity index (χ2n) is 4.50. The Morgan fingerprint density at radius 3 is 2.95 bits per heavy atom. The van der Waals surface area contributed by atoms with Crippen LogP contribution in [0.3, 0.4) is 0 Å². The fourth-order valence-electron chi connectivity index (χ4n) is 1.91. The van der Waals surface area contributed by atoms with E-state index in [0.29, 0.717) is 11.6 Å². The summed E-state index contributed by atoms with van der Waals surface area (Å²) in [5.74, 6) is 1.00. The molecule has 0 aliphatic heterocycles. The van der Waals surface area contributed by atoms with E-state index in [1.165, 1.54) is 0 Å². The zero-order valence-corrected chi connectivity index (χ0v) is 12.3. The summed E-state index contributed by atoms with van der Waals surface area (Å²) in [7, 11) is 0. The van der Waals surface area contributed by atoms with E-state index < -0.39 is 0 Å². The summed E-state index contributed by atoms with van der Waals surface area (Å²) >= 11 is 3.41. The van der Waals surface area contributed by atoms with Gasteiger partial charge in [0.15, 0.2) is 0 Å². The number of anilines is 1. The average molecular weight is 319 g/mol. The van der Waals surface area contributed by atoms with Crippen molar-refractivity contribution in [1.29, 1.82) is 5.26 Å². The number of hydrogen-bond acceptors (Lipinski definition) is 3. The van der Waals surface area contributed by atoms with Gasteiger partial charge in [0.1, 0.15) is 5.76 Å². The Labute approximate surface area is 121 Å². The highest BCUT2D eigenvalue weighted by atomic mass is 79.9. The minimum absolute atomic E-state index is 0.311. The zero-order chi connectivity index (χ0) is 13.7. The van der Waals surface area contributed by atoms with Crippen LogP contribution in [0, 0.1) is 11.3 Å². The number of nitriles is 1. The van der Waals surface area contributed by atoms with Gasteiger partial charge in [-0.25, -0.2) is 0 Å². The summed E-state index contributed by atoms with van der Waals surface area (Å²) in [6.45, 7) is 2.12. The Balaban J connectivity index is 1.93. The fraction of sp³-hybridized carbons (Fsp3) is 0.267. The van der Waals surface area contributed by atoms with Gasteiger partial charge in [0.2, 0.25) is 0 Å². The molecule has 19 heavy (non-hydrogen) atoms. The van der Waals surface area contributed by atoms with E-state index >= 15 is 0 Å². The molecule has 1 N–H and O–H groups in total. The van der Waals surface area contributed by atoms with Gasteiger partial charge < -0.3 is 9.73 Å². The molecular formula is C15H15BrN2O. The quantitative estimate of drug-likeness (QED) is 0.891. The molecule has 0 fully saturated rings. The molecule has 98 valence electrons. The lowest BCUT2D eigenvalue weighted by Gasteiger charge is -2.15. The molecule has 1 unspecified atom stereocenters. The molecule has 1 aromatic heterocycles. The lowest BCUT2D eigenvalue weighted by molar-refractivity contribution is 0.495. The van der Waals surface area contributed by atoms with Crippen molar-refractivity contribution in [3.8, 4) is 6.07 Å². The fourth-order valence-corrected chi connectivity index (χ4v) is 2.40. The van der Waals surface area contributed by atoms with Gasteiger partial charge in [0.05, 0.1) is 17.9 Å². The third-order valence-electron chi connectivity index (χ3n) is 2.84. The van der Waals surface area contributed by atoms with Crippen LogP contribution < -0.4 is 5.32 Å². The van der Waals surface area contributed by atoms with Crippen molar-refractivity contribution in [3.63, 3.8) is 0 Å². The third kappa shape index (κ3) is 4.15. The smallest absolute Gasteiger partial charge is 0.103 e. The summed E-state index contributed by atoms with van der Waals surface area (Å²) in [4.78, 5) is 0. The molecule has 2 aromatic rings. The highest BCUT2D eigenvalue weighted by Gasteiger charge is 2.06. The van der Waals surface area contributed by atoms with Crippen LogP contribution in [0.1, 0.15) is 24.7 Å². The number of nitrogens with one attached hydrogen (secondary N) is 1. The molecule has 4 heteroatoms. The largest absolute Gasteiger partial charge is 0.469 e. The maximum absolute atomic E-state index is 8.94. The van der Waals surface area contributed by atoms with Crippen LogP contribution in [0.2, 0.25) is 0 Å². The normalized spacial score (nSPS) is 11.8. The van der Waals surface area contributed by atoms with Crippen LogP contribution in [0.25, 0.3) is 0 Å². The van der Waals surface area contributed by atoms with Crippen molar-refractivity contribution >= 4 is 21.6 Å². The van der Waals surface area contributed by atoms with Crippen LogP contribution in [-0.4, -0.2) is 6.04 Å². The summed E-state index contributed by atoms with van der Waals surface area (Å²) < 4.78 is 6.22. The van der Waals surface area contributed by atoms with Gasteiger partial charge in [0.25, 0.3) is 0 Å². The van der Waals surface area contributed by atoms with E-state index in [2.05, 4.69) is 34.2 Å². The van der Waals surface area contributed by atoms with Crippen LogP contribution >= 0.6 is 15.9 Å². The van der Waals surface area contributed by atoms with Crippen molar-refractivity contribution in [2.45, 2.75) is 25.8 Å². The topological polar surface area (TPSA) is 49.0 Å². The standard InChI is InChI=1S/C15H15BrN2O/c1-11(4-5-15-3-2-6-19-15)18-14-8-12(10-17)7-13(16)9-14/h2-3,6-9,11,18H,4-5H2,1H3. The molecule has 1 atom stereocenters. The van der Waals surface area contributed by atoms with Gasteiger partial charge in [-0.1, -0.05) is 15.9 Å². The van der Waals surface area contributed by atoms with Crippen molar-refractivity contribution in [2.75, 3.05) is 5.32 Å². The Morgan fingerprint density at radius 1 is 1.42 bits per heavy atom. The number of nitrogens with zero attached hydrogens (tertiary/aromatic N) is 1. The summed E-state index contributed by atoms with van der Waals surface area (Å²) in [6.07, 6.45) is 3.57. The first kappa shape index (κ1) is 13.7. The zero-order valence-electron chi connectivity index (χ0n) is 10.7. The Morgan fingerprint density at radius 2 is 2.26 bits per heavy atom. The molecule has 0 aliphatic rings. The second kappa shape index (κ2) is 6.44. The molecular weight excluding hydrogens is 304 g/mol. The molecule has 0 bridgehead atoms. The van der Waals surface area contributed by atoms with E-state index in [4.69, 9.17) is 9.68 Å². The maximum Gasteiger partial charge on any atom is 0.103 e. The summed E-state index contributed by atoms with van der Waals surface area (Å²) in [6, 6.07) is 12.0. The summed E-state index contributed by atoms with van der Waals surface area (Å²) in [5, 5.41) is 12.3. The number of aryl methyl sites for hydroxylation is 1. The SMILES string of the molecule is CC(CCc1ccco1)Nc1cc(Br)cc(C#N)c1. The predicted octanol–water partition coefficient (Wildman–Crippen LogP) is 4.35. The molecule has 0 saturated heterocycles. The van der Waals surface area contributed by atoms with Gasteiger partial charge in [-0.15, -0.1) is 0 Å². The molecule has 0 spiro atoms. The van der Waals surface area contributed by atoms with Gasteiger partial charge in [-0.05, 0) is 43.7 Å². The Hall–Kier alpha value is -1.73. The molecule has 0 saturated carbocycles. The van der Waals surface area contributed by atoms with E-state index in [-0.39, 0.29) is 0 Å². The van der Waals surface area contributed by atoms with E-state index in [9.17, 15) is 0 Å².